The highest BCUT2D eigenvalue weighted by Crippen LogP contribution is 2.10. The summed E-state index contributed by atoms with van der Waals surface area (Å²) >= 11 is 0. The van der Waals surface area contributed by atoms with Gasteiger partial charge in [-0.1, -0.05) is 0 Å². The molecule has 0 aromatic carbocycles. The molecular weight excluding hydrogens is 146 g/mol. The van der Waals surface area contributed by atoms with Gasteiger partial charge in [0.1, 0.15) is 5.56 Å². The van der Waals surface area contributed by atoms with Gasteiger partial charge in [-0.15, -0.1) is 5.10 Å². The average Bonchev–Trinajstić information content (AvgIpc) is 2.04. The second-order valence-electron chi connectivity index (χ2n) is 1.82. The zero-order valence-electron chi connectivity index (χ0n) is 5.94. The van der Waals surface area contributed by atoms with Crippen molar-refractivity contribution in [3.05, 3.63) is 17.8 Å². The molecule has 0 atom stereocenters. The minimum Gasteiger partial charge on any atom is -0.479 e. The van der Waals surface area contributed by atoms with E-state index in [1.807, 2.05) is 0 Å². The number of amides is 1. The Morgan fingerprint density at radius 3 is 2.91 bits per heavy atom. The Bertz CT molecular complexity index is 274. The molecule has 0 aliphatic carbocycles. The van der Waals surface area contributed by atoms with Crippen LogP contribution in [0.4, 0.5) is 0 Å². The summed E-state index contributed by atoms with van der Waals surface area (Å²) < 4.78 is 4.73. The second kappa shape index (κ2) is 2.96. The van der Waals surface area contributed by atoms with Gasteiger partial charge >= 0.3 is 0 Å². The first kappa shape index (κ1) is 7.46. The van der Waals surface area contributed by atoms with Crippen molar-refractivity contribution >= 4 is 5.91 Å². The van der Waals surface area contributed by atoms with E-state index in [0.717, 1.165) is 0 Å². The predicted molar refractivity (Wildman–Crippen MR) is 37.1 cm³/mol. The number of ether oxygens (including phenoxy) is 1. The molecule has 0 aliphatic rings. The zero-order chi connectivity index (χ0) is 8.27. The average molecular weight is 153 g/mol. The van der Waals surface area contributed by atoms with Crippen LogP contribution >= 0.6 is 0 Å². The van der Waals surface area contributed by atoms with E-state index >= 15 is 0 Å². The Balaban J connectivity index is 3.12. The minimum atomic E-state index is -0.572. The van der Waals surface area contributed by atoms with Gasteiger partial charge in [0.05, 0.1) is 13.3 Å². The zero-order valence-corrected chi connectivity index (χ0v) is 5.94. The fourth-order valence-electron chi connectivity index (χ4n) is 0.657. The number of primary amides is 1. The SMILES string of the molecule is COc1nnccc1C(N)=O. The summed E-state index contributed by atoms with van der Waals surface area (Å²) in [7, 11) is 1.40. The molecule has 1 aromatic heterocycles. The van der Waals surface area contributed by atoms with E-state index in [0.29, 0.717) is 0 Å². The van der Waals surface area contributed by atoms with Crippen molar-refractivity contribution in [2.75, 3.05) is 7.11 Å². The Labute approximate surface area is 63.2 Å². The standard InChI is InChI=1S/C6H7N3O2/c1-11-6-4(5(7)10)2-3-8-9-6/h2-3H,1H3,(H2,7,10). The second-order valence-corrected chi connectivity index (χ2v) is 1.82. The van der Waals surface area contributed by atoms with Crippen LogP contribution in [0.25, 0.3) is 0 Å². The van der Waals surface area contributed by atoms with Crippen molar-refractivity contribution in [3.63, 3.8) is 0 Å². The lowest BCUT2D eigenvalue weighted by Gasteiger charge is -2.00. The Morgan fingerprint density at radius 1 is 1.73 bits per heavy atom. The minimum absolute atomic E-state index is 0.153. The number of hydrogen-bond donors (Lipinski definition) is 1. The molecule has 5 heteroatoms. The van der Waals surface area contributed by atoms with E-state index < -0.39 is 5.91 Å². The molecule has 0 saturated carbocycles. The molecule has 0 unspecified atom stereocenters. The topological polar surface area (TPSA) is 78.1 Å². The molecule has 1 amide bonds. The van der Waals surface area contributed by atoms with Crippen LogP contribution in [0.15, 0.2) is 12.3 Å². The van der Waals surface area contributed by atoms with E-state index in [4.69, 9.17) is 10.5 Å². The fraction of sp³-hybridized carbons (Fsp3) is 0.167. The molecule has 0 bridgehead atoms. The lowest BCUT2D eigenvalue weighted by molar-refractivity contribution is 0.0996. The van der Waals surface area contributed by atoms with E-state index in [9.17, 15) is 4.79 Å². The van der Waals surface area contributed by atoms with Crippen LogP contribution in [-0.4, -0.2) is 23.2 Å². The molecular formula is C6H7N3O2. The maximum Gasteiger partial charge on any atom is 0.254 e. The summed E-state index contributed by atoms with van der Waals surface area (Å²) in [4.78, 5) is 10.7. The molecule has 0 radical (unpaired) electrons. The Kier molecular flexibility index (Phi) is 2.00. The molecule has 0 fully saturated rings. The first-order valence-electron chi connectivity index (χ1n) is 2.91. The van der Waals surface area contributed by atoms with Crippen molar-refractivity contribution in [1.82, 2.24) is 10.2 Å². The first-order valence-corrected chi connectivity index (χ1v) is 2.91. The first-order chi connectivity index (χ1) is 5.25. The Morgan fingerprint density at radius 2 is 2.45 bits per heavy atom. The number of nitrogens with zero attached hydrogens (tertiary/aromatic N) is 2. The van der Waals surface area contributed by atoms with Crippen molar-refractivity contribution in [2.45, 2.75) is 0 Å². The third-order valence-corrected chi connectivity index (χ3v) is 1.15. The summed E-state index contributed by atoms with van der Waals surface area (Å²) in [6.07, 6.45) is 1.38. The van der Waals surface area contributed by atoms with Crippen LogP contribution in [0.2, 0.25) is 0 Å². The van der Waals surface area contributed by atoms with E-state index in [1.54, 1.807) is 0 Å². The van der Waals surface area contributed by atoms with Gasteiger partial charge in [-0.25, -0.2) is 0 Å². The van der Waals surface area contributed by atoms with E-state index in [2.05, 4.69) is 10.2 Å². The van der Waals surface area contributed by atoms with E-state index in [-0.39, 0.29) is 11.4 Å². The van der Waals surface area contributed by atoms with Crippen LogP contribution in [-0.2, 0) is 0 Å². The molecule has 2 N–H and O–H groups in total. The third-order valence-electron chi connectivity index (χ3n) is 1.15. The maximum absolute atomic E-state index is 10.7. The highest BCUT2D eigenvalue weighted by Gasteiger charge is 2.08. The molecule has 1 rings (SSSR count). The van der Waals surface area contributed by atoms with Gasteiger partial charge < -0.3 is 10.5 Å². The number of carbonyl (C=O) groups is 1. The van der Waals surface area contributed by atoms with Gasteiger partial charge in [-0.2, -0.15) is 5.10 Å². The quantitative estimate of drug-likeness (QED) is 0.626. The summed E-state index contributed by atoms with van der Waals surface area (Å²) in [6.45, 7) is 0. The lowest BCUT2D eigenvalue weighted by Crippen LogP contribution is -2.13. The molecule has 58 valence electrons. The number of methoxy groups -OCH3 is 1. The maximum atomic E-state index is 10.7. The number of nitrogens with two attached hydrogens (primary N) is 1. The molecule has 1 heterocycles. The van der Waals surface area contributed by atoms with Gasteiger partial charge in [0, 0.05) is 0 Å². The van der Waals surface area contributed by atoms with Crippen molar-refractivity contribution in [1.29, 1.82) is 0 Å². The highest BCUT2D eigenvalue weighted by atomic mass is 16.5. The molecule has 0 saturated heterocycles. The predicted octanol–water partition coefficient (Wildman–Crippen LogP) is -0.416. The number of hydrogen-bond acceptors (Lipinski definition) is 4. The van der Waals surface area contributed by atoms with Gasteiger partial charge in [0.2, 0.25) is 5.88 Å². The fourth-order valence-corrected chi connectivity index (χ4v) is 0.657. The van der Waals surface area contributed by atoms with Crippen molar-refractivity contribution in [3.8, 4) is 5.88 Å². The smallest absolute Gasteiger partial charge is 0.254 e. The highest BCUT2D eigenvalue weighted by molar-refractivity contribution is 5.94. The summed E-state index contributed by atoms with van der Waals surface area (Å²) in [6, 6.07) is 1.45. The van der Waals surface area contributed by atoms with Crippen LogP contribution in [0, 0.1) is 0 Å². The van der Waals surface area contributed by atoms with E-state index in [1.165, 1.54) is 19.4 Å². The van der Waals surface area contributed by atoms with Crippen LogP contribution in [0.5, 0.6) is 5.88 Å². The third kappa shape index (κ3) is 1.43. The number of rotatable bonds is 2. The summed E-state index contributed by atoms with van der Waals surface area (Å²) in [5.41, 5.74) is 5.24. The summed E-state index contributed by atoms with van der Waals surface area (Å²) in [5, 5.41) is 7.06. The van der Waals surface area contributed by atoms with Crippen LogP contribution in [0.1, 0.15) is 10.4 Å². The van der Waals surface area contributed by atoms with Crippen molar-refractivity contribution < 1.29 is 9.53 Å². The normalized spacial score (nSPS) is 9.18. The molecule has 0 spiro atoms. The monoisotopic (exact) mass is 153 g/mol. The molecule has 11 heavy (non-hydrogen) atoms. The van der Waals surface area contributed by atoms with Gasteiger partial charge in [-0.05, 0) is 6.07 Å². The molecule has 0 aliphatic heterocycles. The molecule has 1 aromatic rings. The Hall–Kier alpha value is -1.65. The largest absolute Gasteiger partial charge is 0.479 e. The lowest BCUT2D eigenvalue weighted by atomic mass is 10.3. The number of aromatic nitrogens is 2. The van der Waals surface area contributed by atoms with Crippen LogP contribution < -0.4 is 10.5 Å². The molecule has 5 nitrogen and oxygen atoms in total. The van der Waals surface area contributed by atoms with Crippen molar-refractivity contribution in [2.24, 2.45) is 5.73 Å². The van der Waals surface area contributed by atoms with Gasteiger partial charge in [-0.3, -0.25) is 4.79 Å². The van der Waals surface area contributed by atoms with Crippen LogP contribution in [0.3, 0.4) is 0 Å². The summed E-state index contributed by atoms with van der Waals surface area (Å²) in [5.74, 6) is -0.420. The van der Waals surface area contributed by atoms with Gasteiger partial charge in [0.25, 0.3) is 5.91 Å². The number of carbonyl (C=O) groups excluding carboxylic acids is 1. The van der Waals surface area contributed by atoms with Gasteiger partial charge in [0.15, 0.2) is 0 Å².